The lowest BCUT2D eigenvalue weighted by atomic mass is 9.79. The van der Waals surface area contributed by atoms with Crippen molar-refractivity contribution in [1.82, 2.24) is 9.80 Å². The summed E-state index contributed by atoms with van der Waals surface area (Å²) in [6, 6.07) is 10.9. The number of aliphatic imine (C=N–C) groups is 1. The number of nitro groups is 2. The normalized spacial score (nSPS) is 22.9. The summed E-state index contributed by atoms with van der Waals surface area (Å²) in [5.41, 5.74) is 1.12. The maximum absolute atomic E-state index is 13.5. The molecule has 0 spiro atoms. The summed E-state index contributed by atoms with van der Waals surface area (Å²) in [7, 11) is 0. The first-order valence-electron chi connectivity index (χ1n) is 14.9. The quantitative estimate of drug-likeness (QED) is 0.0950. The molecule has 3 heterocycles. The van der Waals surface area contributed by atoms with E-state index >= 15 is 0 Å². The molecule has 2 fully saturated rings. The summed E-state index contributed by atoms with van der Waals surface area (Å²) >= 11 is 1.47. The first-order valence-corrected chi connectivity index (χ1v) is 15.8. The molecule has 3 aliphatic rings. The maximum Gasteiger partial charge on any atom is 0.435 e. The number of esters is 1. The van der Waals surface area contributed by atoms with Crippen LogP contribution in [-0.4, -0.2) is 79.0 Å². The number of ether oxygens (including phenoxy) is 2. The number of carbonyl (C=O) groups excluding carboxylic acids is 3. The summed E-state index contributed by atoms with van der Waals surface area (Å²) < 4.78 is 10.8. The van der Waals surface area contributed by atoms with Gasteiger partial charge in [0.1, 0.15) is 24.7 Å². The molecule has 0 saturated carbocycles. The Kier molecular flexibility index (Phi) is 9.91. The lowest BCUT2D eigenvalue weighted by Gasteiger charge is -2.46. The molecule has 2 saturated heterocycles. The second-order valence-corrected chi connectivity index (χ2v) is 12.9. The van der Waals surface area contributed by atoms with Crippen molar-refractivity contribution in [2.45, 2.75) is 57.8 Å². The number of nitrogens with zero attached hydrogens (tertiary/aromatic N) is 5. The number of amides is 2. The number of likely N-dealkylation sites (tertiary alicyclic amines) is 1. The van der Waals surface area contributed by atoms with E-state index in [4.69, 9.17) is 9.47 Å². The van der Waals surface area contributed by atoms with Crippen LogP contribution in [0.15, 0.2) is 64.1 Å². The minimum atomic E-state index is -0.895. The Balaban J connectivity index is 1.24. The summed E-state index contributed by atoms with van der Waals surface area (Å²) in [4.78, 5) is 67.8. The molecular weight excluding hydrogens is 634 g/mol. The fraction of sp³-hybridized carbons (Fsp3) is 0.419. The minimum absolute atomic E-state index is 0.00926. The SMILES string of the molecule is CC(=NC(=O)OCc1ccc([N+](=O)[O-])cc1)N1CCC(SC2=C(C(=O)OCc3ccc([N+](=O)[O-])cc3)N3C(=O)C(C(C)O)[C@H]3C2C)C1. The van der Waals surface area contributed by atoms with Crippen molar-refractivity contribution in [2.24, 2.45) is 16.8 Å². The van der Waals surface area contributed by atoms with Gasteiger partial charge in [-0.05, 0) is 55.7 Å². The Bertz CT molecular complexity index is 1640. The van der Waals surface area contributed by atoms with Crippen molar-refractivity contribution in [1.29, 1.82) is 0 Å². The van der Waals surface area contributed by atoms with E-state index in [0.29, 0.717) is 41.4 Å². The zero-order valence-corrected chi connectivity index (χ0v) is 26.6. The number of aliphatic hydroxyl groups excluding tert-OH is 1. The second kappa shape index (κ2) is 13.9. The molecule has 2 amide bonds. The Morgan fingerprint density at radius 1 is 1.02 bits per heavy atom. The highest BCUT2D eigenvalue weighted by atomic mass is 32.2. The minimum Gasteiger partial charge on any atom is -0.456 e. The van der Waals surface area contributed by atoms with Gasteiger partial charge in [-0.2, -0.15) is 4.99 Å². The van der Waals surface area contributed by atoms with Crippen molar-refractivity contribution in [3.8, 4) is 0 Å². The summed E-state index contributed by atoms with van der Waals surface area (Å²) in [5, 5.41) is 32.1. The van der Waals surface area contributed by atoms with E-state index in [0.717, 1.165) is 0 Å². The van der Waals surface area contributed by atoms with Gasteiger partial charge in [0.15, 0.2) is 0 Å². The van der Waals surface area contributed by atoms with E-state index < -0.39 is 40.0 Å². The summed E-state index contributed by atoms with van der Waals surface area (Å²) in [6.07, 6.45) is -0.988. The van der Waals surface area contributed by atoms with Gasteiger partial charge in [0, 0.05) is 53.4 Å². The zero-order valence-electron chi connectivity index (χ0n) is 25.8. The van der Waals surface area contributed by atoms with Gasteiger partial charge in [0.2, 0.25) is 5.91 Å². The van der Waals surface area contributed by atoms with Crippen LogP contribution in [0.1, 0.15) is 38.3 Å². The number of β-lactam (4-membered cyclic amide) rings is 1. The van der Waals surface area contributed by atoms with Crippen molar-refractivity contribution < 1.29 is 38.8 Å². The van der Waals surface area contributed by atoms with Gasteiger partial charge < -0.3 is 24.4 Å². The molecule has 5 rings (SSSR count). The summed E-state index contributed by atoms with van der Waals surface area (Å²) in [5.74, 6) is -1.48. The number of hydrogen-bond acceptors (Lipinski definition) is 11. The largest absolute Gasteiger partial charge is 0.456 e. The van der Waals surface area contributed by atoms with Crippen molar-refractivity contribution in [3.05, 3.63) is 90.5 Å². The third kappa shape index (κ3) is 7.12. The topological polar surface area (TPSA) is 195 Å². The van der Waals surface area contributed by atoms with Crippen LogP contribution in [0.2, 0.25) is 0 Å². The monoisotopic (exact) mass is 667 g/mol. The molecule has 5 atom stereocenters. The average Bonchev–Trinajstić information content (AvgIpc) is 3.60. The molecule has 0 aliphatic carbocycles. The van der Waals surface area contributed by atoms with Gasteiger partial charge >= 0.3 is 12.1 Å². The van der Waals surface area contributed by atoms with Gasteiger partial charge in [-0.1, -0.05) is 6.92 Å². The number of hydrogen-bond donors (Lipinski definition) is 1. The highest BCUT2D eigenvalue weighted by Gasteiger charge is 2.60. The van der Waals surface area contributed by atoms with Gasteiger partial charge in [-0.3, -0.25) is 25.0 Å². The van der Waals surface area contributed by atoms with E-state index in [1.165, 1.54) is 65.2 Å². The smallest absolute Gasteiger partial charge is 0.435 e. The second-order valence-electron chi connectivity index (χ2n) is 11.6. The lowest BCUT2D eigenvalue weighted by molar-refractivity contribution is -0.385. The number of fused-ring (bicyclic) bond motifs is 1. The number of rotatable bonds is 10. The number of nitro benzene ring substituents is 2. The van der Waals surface area contributed by atoms with Crippen LogP contribution in [0.3, 0.4) is 0 Å². The molecule has 16 heteroatoms. The summed E-state index contributed by atoms with van der Waals surface area (Å²) in [6.45, 7) is 6.02. The van der Waals surface area contributed by atoms with Crippen LogP contribution in [0, 0.1) is 32.1 Å². The Labute approximate surface area is 273 Å². The predicted octanol–water partition coefficient (Wildman–Crippen LogP) is 4.18. The molecule has 2 aromatic rings. The van der Waals surface area contributed by atoms with Crippen LogP contribution in [0.5, 0.6) is 0 Å². The number of carbonyl (C=O) groups is 3. The van der Waals surface area contributed by atoms with Crippen LogP contribution in [0.25, 0.3) is 0 Å². The number of non-ortho nitro benzene ring substituents is 2. The van der Waals surface area contributed by atoms with E-state index in [2.05, 4.69) is 4.99 Å². The first kappa shape index (κ1) is 33.5. The Morgan fingerprint density at radius 2 is 1.57 bits per heavy atom. The molecule has 248 valence electrons. The molecule has 4 unspecified atom stereocenters. The van der Waals surface area contributed by atoms with E-state index in [1.54, 1.807) is 13.8 Å². The fourth-order valence-corrected chi connectivity index (χ4v) is 7.48. The lowest BCUT2D eigenvalue weighted by Crippen LogP contribution is -2.63. The maximum atomic E-state index is 13.5. The molecule has 1 N–H and O–H groups in total. The number of benzene rings is 2. The third-order valence-corrected chi connectivity index (χ3v) is 10.0. The molecule has 0 aromatic heterocycles. The van der Waals surface area contributed by atoms with Crippen LogP contribution >= 0.6 is 11.8 Å². The highest BCUT2D eigenvalue weighted by Crippen LogP contribution is 2.52. The van der Waals surface area contributed by atoms with E-state index in [9.17, 15) is 39.7 Å². The third-order valence-electron chi connectivity index (χ3n) is 8.48. The molecule has 15 nitrogen and oxygen atoms in total. The average molecular weight is 668 g/mol. The molecule has 0 bridgehead atoms. The highest BCUT2D eigenvalue weighted by molar-refractivity contribution is 8.03. The van der Waals surface area contributed by atoms with Crippen molar-refractivity contribution in [3.63, 3.8) is 0 Å². The van der Waals surface area contributed by atoms with E-state index in [1.807, 2.05) is 11.8 Å². The standard InChI is InChI=1S/C31H33N5O10S/c1-17-26-25(18(2)37)29(38)34(26)27(30(39)45-15-20-4-8-22(9-5-20)35(41)42)28(17)47-24-12-13-33(14-24)19(3)32-31(40)46-16-21-6-10-23(11-7-21)36(43)44/h4-11,17-18,24-26,37H,12-16H2,1-3H3/t17?,18?,24?,25?,26-/m1/s1. The first-order chi connectivity index (χ1) is 22.3. The molecule has 47 heavy (non-hydrogen) atoms. The van der Waals surface area contributed by atoms with Crippen molar-refractivity contribution in [2.75, 3.05) is 13.1 Å². The molecule has 0 radical (unpaired) electrons. The van der Waals surface area contributed by atoms with Gasteiger partial charge in [0.05, 0.1) is 27.9 Å². The number of thioether (sulfide) groups is 1. The van der Waals surface area contributed by atoms with Crippen LogP contribution < -0.4 is 0 Å². The van der Waals surface area contributed by atoms with Gasteiger partial charge in [-0.15, -0.1) is 11.8 Å². The van der Waals surface area contributed by atoms with Gasteiger partial charge in [0.25, 0.3) is 11.4 Å². The van der Waals surface area contributed by atoms with Crippen LogP contribution in [0.4, 0.5) is 16.2 Å². The van der Waals surface area contributed by atoms with Crippen LogP contribution in [-0.2, 0) is 32.3 Å². The Hall–Kier alpha value is -4.83. The molecule has 3 aliphatic heterocycles. The Morgan fingerprint density at radius 3 is 2.11 bits per heavy atom. The molecular formula is C31H33N5O10S. The zero-order chi connectivity index (χ0) is 34.0. The molecule has 2 aromatic carbocycles. The predicted molar refractivity (Wildman–Crippen MR) is 169 cm³/mol. The number of amidine groups is 1. The number of aliphatic hydroxyl groups is 1. The van der Waals surface area contributed by atoms with Crippen molar-refractivity contribution >= 4 is 46.9 Å². The van der Waals surface area contributed by atoms with E-state index in [-0.39, 0.29) is 47.4 Å². The van der Waals surface area contributed by atoms with Gasteiger partial charge in [-0.25, -0.2) is 9.59 Å². The fourth-order valence-electron chi connectivity index (χ4n) is 5.99.